The molecule has 0 saturated carbocycles. The zero-order chi connectivity index (χ0) is 31.1. The molecule has 0 amide bonds. The van der Waals surface area contributed by atoms with Gasteiger partial charge < -0.3 is 14.2 Å². The second kappa shape index (κ2) is 22.0. The number of nitrogens with two attached hydrogens (primary N) is 2. The van der Waals surface area contributed by atoms with E-state index in [1.807, 2.05) is 0 Å². The van der Waals surface area contributed by atoms with Crippen molar-refractivity contribution in [3.63, 3.8) is 0 Å². The minimum Gasteiger partial charge on any atom is -0.381 e. The van der Waals surface area contributed by atoms with Gasteiger partial charge in [-0.25, -0.2) is 21.7 Å². The molecule has 3 aliphatic heterocycles. The summed E-state index contributed by atoms with van der Waals surface area (Å²) >= 11 is 0. The topological polar surface area (TPSA) is 86.2 Å². The first-order chi connectivity index (χ1) is 20.0. The molecule has 3 fully saturated rings. The molecule has 2 aromatic carbocycles. The SMILES string of the molecule is C1CCOCC1.C1CCOCC1.C1CCOCC1.NN(c1ccccc1)C(F)(F)F.NN(c1ccccc1)C(F)(F)F. The molecular formula is C29H44F6N4O3. The Morgan fingerprint density at radius 3 is 0.810 bits per heavy atom. The van der Waals surface area contributed by atoms with E-state index >= 15 is 0 Å². The van der Waals surface area contributed by atoms with Gasteiger partial charge in [0.2, 0.25) is 0 Å². The summed E-state index contributed by atoms with van der Waals surface area (Å²) in [6.07, 6.45) is 2.74. The molecule has 0 bridgehead atoms. The number of nitrogens with zero attached hydrogens (tertiary/aromatic N) is 2. The van der Waals surface area contributed by atoms with Gasteiger partial charge in [0, 0.05) is 39.6 Å². The molecule has 13 heteroatoms. The van der Waals surface area contributed by atoms with Gasteiger partial charge in [0.15, 0.2) is 0 Å². The number of ether oxygens (including phenoxy) is 3. The van der Waals surface area contributed by atoms with Crippen LogP contribution in [-0.2, 0) is 14.2 Å². The summed E-state index contributed by atoms with van der Waals surface area (Å²) in [5, 5.41) is -0.458. The van der Waals surface area contributed by atoms with Gasteiger partial charge >= 0.3 is 12.6 Å². The maximum atomic E-state index is 11.9. The van der Waals surface area contributed by atoms with E-state index in [4.69, 9.17) is 25.9 Å². The lowest BCUT2D eigenvalue weighted by Crippen LogP contribution is -2.43. The summed E-state index contributed by atoms with van der Waals surface area (Å²) in [4.78, 5) is 0. The molecular weight excluding hydrogens is 566 g/mol. The first-order valence-electron chi connectivity index (χ1n) is 14.1. The number of anilines is 2. The summed E-state index contributed by atoms with van der Waals surface area (Å²) < 4.78 is 86.8. The first kappa shape index (κ1) is 37.4. The van der Waals surface area contributed by atoms with E-state index in [1.54, 1.807) is 12.1 Å². The Morgan fingerprint density at radius 2 is 0.667 bits per heavy atom. The highest BCUT2D eigenvalue weighted by Gasteiger charge is 2.36. The van der Waals surface area contributed by atoms with Crippen LogP contribution < -0.4 is 21.7 Å². The Bertz CT molecular complexity index is 762. The van der Waals surface area contributed by atoms with E-state index in [1.165, 1.54) is 106 Å². The van der Waals surface area contributed by atoms with Crippen molar-refractivity contribution in [2.45, 2.75) is 70.4 Å². The van der Waals surface area contributed by atoms with Crippen molar-refractivity contribution in [2.24, 2.45) is 11.7 Å². The summed E-state index contributed by atoms with van der Waals surface area (Å²) in [7, 11) is 0. The average Bonchev–Trinajstić information content (AvgIpc) is 3.04. The molecule has 0 unspecified atom stereocenters. The lowest BCUT2D eigenvalue weighted by molar-refractivity contribution is -0.130. The summed E-state index contributed by atoms with van der Waals surface area (Å²) in [5.74, 6) is 9.56. The fourth-order valence-electron chi connectivity index (χ4n) is 3.53. The molecule has 2 aromatic rings. The third-order valence-corrected chi connectivity index (χ3v) is 5.85. The van der Waals surface area contributed by atoms with Crippen LogP contribution in [0.15, 0.2) is 60.7 Å². The van der Waals surface area contributed by atoms with Gasteiger partial charge in [-0.2, -0.15) is 0 Å². The van der Waals surface area contributed by atoms with Crippen LogP contribution in [0.4, 0.5) is 37.7 Å². The van der Waals surface area contributed by atoms with E-state index < -0.39 is 12.6 Å². The van der Waals surface area contributed by atoms with Crippen molar-refractivity contribution >= 4 is 11.4 Å². The van der Waals surface area contributed by atoms with Crippen LogP contribution in [0.1, 0.15) is 57.8 Å². The number of alkyl halides is 6. The highest BCUT2D eigenvalue weighted by molar-refractivity contribution is 5.45. The summed E-state index contributed by atoms with van der Waals surface area (Å²) in [6, 6.07) is 14.3. The monoisotopic (exact) mass is 610 g/mol. The highest BCUT2D eigenvalue weighted by Crippen LogP contribution is 2.25. The predicted octanol–water partition coefficient (Wildman–Crippen LogP) is 7.33. The lowest BCUT2D eigenvalue weighted by atomic mass is 10.2. The van der Waals surface area contributed by atoms with Crippen LogP contribution in [0.5, 0.6) is 0 Å². The molecule has 3 aliphatic rings. The number of para-hydroxylation sites is 2. The molecule has 0 spiro atoms. The fourth-order valence-corrected chi connectivity index (χ4v) is 3.53. The van der Waals surface area contributed by atoms with E-state index in [-0.39, 0.29) is 21.4 Å². The van der Waals surface area contributed by atoms with Crippen molar-refractivity contribution < 1.29 is 40.6 Å². The number of rotatable bonds is 2. The van der Waals surface area contributed by atoms with Crippen LogP contribution in [0.3, 0.4) is 0 Å². The summed E-state index contributed by atoms with van der Waals surface area (Å²) in [6.45, 7) is 6.00. The van der Waals surface area contributed by atoms with E-state index in [0.29, 0.717) is 0 Å². The average molecular weight is 611 g/mol. The van der Waals surface area contributed by atoms with Crippen LogP contribution in [0, 0.1) is 0 Å². The van der Waals surface area contributed by atoms with Gasteiger partial charge in [0.05, 0.1) is 11.4 Å². The molecule has 240 valence electrons. The Labute approximate surface area is 244 Å². The number of halogens is 6. The zero-order valence-corrected chi connectivity index (χ0v) is 23.9. The van der Waals surface area contributed by atoms with Gasteiger partial charge in [0.1, 0.15) is 0 Å². The largest absolute Gasteiger partial charge is 0.498 e. The molecule has 42 heavy (non-hydrogen) atoms. The molecule has 3 saturated heterocycles. The van der Waals surface area contributed by atoms with Gasteiger partial charge in [-0.15, -0.1) is 26.3 Å². The van der Waals surface area contributed by atoms with E-state index in [9.17, 15) is 26.3 Å². The van der Waals surface area contributed by atoms with E-state index in [0.717, 1.165) is 39.6 Å². The van der Waals surface area contributed by atoms with Crippen molar-refractivity contribution in [1.29, 1.82) is 0 Å². The van der Waals surface area contributed by atoms with Gasteiger partial charge in [0.25, 0.3) is 0 Å². The van der Waals surface area contributed by atoms with Crippen molar-refractivity contribution in [2.75, 3.05) is 49.7 Å². The Hall–Kier alpha value is -2.58. The van der Waals surface area contributed by atoms with Gasteiger partial charge in [-0.3, -0.25) is 0 Å². The molecule has 7 nitrogen and oxygen atoms in total. The zero-order valence-electron chi connectivity index (χ0n) is 23.9. The molecule has 0 radical (unpaired) electrons. The normalized spacial score (nSPS) is 16.8. The molecule has 0 atom stereocenters. The standard InChI is InChI=1S/2C7H7F3N2.3C5H10O/c2*8-7(9,10)12(11)6-4-2-1-3-5-6;3*1-2-4-6-5-3-1/h2*1-5H,11H2;3*1-5H2. The van der Waals surface area contributed by atoms with Gasteiger partial charge in [-0.1, -0.05) is 36.4 Å². The quantitative estimate of drug-likeness (QED) is 0.159. The second-order valence-electron chi connectivity index (χ2n) is 9.37. The number of benzene rings is 2. The second-order valence-corrected chi connectivity index (χ2v) is 9.37. The Balaban J connectivity index is 0.000000273. The third-order valence-electron chi connectivity index (χ3n) is 5.85. The number of hydrogen-bond donors (Lipinski definition) is 2. The van der Waals surface area contributed by atoms with Crippen LogP contribution in [0.2, 0.25) is 0 Å². The molecule has 4 N–H and O–H groups in total. The molecule has 5 rings (SSSR count). The Kier molecular flexibility index (Phi) is 19.6. The van der Waals surface area contributed by atoms with Crippen molar-refractivity contribution in [3.05, 3.63) is 60.7 Å². The van der Waals surface area contributed by atoms with Gasteiger partial charge in [-0.05, 0) is 82.1 Å². The maximum absolute atomic E-state index is 11.9. The number of hydrazine groups is 2. The molecule has 0 aliphatic carbocycles. The maximum Gasteiger partial charge on any atom is 0.498 e. The lowest BCUT2D eigenvalue weighted by Gasteiger charge is -2.20. The highest BCUT2D eigenvalue weighted by atomic mass is 19.4. The van der Waals surface area contributed by atoms with Crippen molar-refractivity contribution in [1.82, 2.24) is 0 Å². The number of hydrogen-bond acceptors (Lipinski definition) is 7. The van der Waals surface area contributed by atoms with E-state index in [2.05, 4.69) is 0 Å². The fraction of sp³-hybridized carbons (Fsp3) is 0.586. The van der Waals surface area contributed by atoms with Crippen LogP contribution in [0.25, 0.3) is 0 Å². The minimum atomic E-state index is -4.53. The third kappa shape index (κ3) is 18.8. The minimum absolute atomic E-state index is 0.0787. The Morgan fingerprint density at radius 1 is 0.429 bits per heavy atom. The van der Waals surface area contributed by atoms with Crippen LogP contribution in [-0.4, -0.2) is 52.2 Å². The molecule has 0 aromatic heterocycles. The molecule has 3 heterocycles. The van der Waals surface area contributed by atoms with Crippen molar-refractivity contribution in [3.8, 4) is 0 Å². The first-order valence-corrected chi connectivity index (χ1v) is 14.1. The summed E-state index contributed by atoms with van der Waals surface area (Å²) in [5.41, 5.74) is -0.157. The smallest absolute Gasteiger partial charge is 0.381 e. The predicted molar refractivity (Wildman–Crippen MR) is 152 cm³/mol. The van der Waals surface area contributed by atoms with Crippen LogP contribution >= 0.6 is 0 Å².